The average Bonchev–Trinajstić information content (AvgIpc) is 3.06. The van der Waals surface area contributed by atoms with Crippen LogP contribution in [0, 0.1) is 11.6 Å². The highest BCUT2D eigenvalue weighted by atomic mass is 35.5. The van der Waals surface area contributed by atoms with Crippen molar-refractivity contribution in [2.24, 2.45) is 0 Å². The topological polar surface area (TPSA) is 65.5 Å². The van der Waals surface area contributed by atoms with E-state index in [1.165, 1.54) is 6.07 Å². The molecule has 9 heteroatoms. The number of nitrogens with zero attached hydrogens (tertiary/aromatic N) is 3. The predicted molar refractivity (Wildman–Crippen MR) is 123 cm³/mol. The second-order valence-electron chi connectivity index (χ2n) is 7.60. The van der Waals surface area contributed by atoms with Crippen LogP contribution in [0.3, 0.4) is 0 Å². The lowest BCUT2D eigenvalue weighted by Crippen LogP contribution is -2.35. The van der Waals surface area contributed by atoms with Gasteiger partial charge < -0.3 is 15.1 Å². The van der Waals surface area contributed by atoms with Gasteiger partial charge in [0.05, 0.1) is 28.0 Å². The van der Waals surface area contributed by atoms with Gasteiger partial charge >= 0.3 is 0 Å². The molecule has 1 aromatic heterocycles. The zero-order valence-corrected chi connectivity index (χ0v) is 18.4. The van der Waals surface area contributed by atoms with Crippen LogP contribution in [0.15, 0.2) is 60.8 Å². The Balaban J connectivity index is 1.38. The van der Waals surface area contributed by atoms with Gasteiger partial charge in [-0.15, -0.1) is 0 Å². The van der Waals surface area contributed by atoms with E-state index in [0.717, 1.165) is 6.07 Å². The first kappa shape index (κ1) is 22.7. The Morgan fingerprint density at radius 1 is 0.939 bits per heavy atom. The van der Waals surface area contributed by atoms with Crippen molar-refractivity contribution >= 4 is 34.9 Å². The molecule has 2 aromatic carbocycles. The molecule has 0 aliphatic carbocycles. The maximum atomic E-state index is 14.0. The van der Waals surface area contributed by atoms with Crippen LogP contribution in [-0.2, 0) is 0 Å². The molecule has 0 spiro atoms. The van der Waals surface area contributed by atoms with Crippen molar-refractivity contribution in [1.82, 2.24) is 9.88 Å². The molecule has 33 heavy (non-hydrogen) atoms. The fourth-order valence-corrected chi connectivity index (χ4v) is 3.90. The molecule has 1 fully saturated rings. The summed E-state index contributed by atoms with van der Waals surface area (Å²) in [5, 5.41) is 3.14. The molecule has 2 heterocycles. The van der Waals surface area contributed by atoms with Crippen LogP contribution in [0.1, 0.15) is 27.1 Å². The number of carbonyl (C=O) groups excluding carboxylic acids is 2. The third-order valence-electron chi connectivity index (χ3n) is 5.39. The van der Waals surface area contributed by atoms with Gasteiger partial charge in [0, 0.05) is 32.2 Å². The lowest BCUT2D eigenvalue weighted by atomic mass is 10.1. The third-order valence-corrected chi connectivity index (χ3v) is 5.72. The number of anilines is 2. The predicted octanol–water partition coefficient (Wildman–Crippen LogP) is 4.62. The number of benzene rings is 2. The van der Waals surface area contributed by atoms with Gasteiger partial charge in [-0.25, -0.2) is 13.8 Å². The van der Waals surface area contributed by atoms with E-state index in [2.05, 4.69) is 10.3 Å². The van der Waals surface area contributed by atoms with E-state index in [-0.39, 0.29) is 11.5 Å². The van der Waals surface area contributed by atoms with Crippen molar-refractivity contribution in [2.45, 2.75) is 6.42 Å². The van der Waals surface area contributed by atoms with Gasteiger partial charge in [-0.2, -0.15) is 0 Å². The molecule has 0 radical (unpaired) electrons. The van der Waals surface area contributed by atoms with Crippen molar-refractivity contribution in [3.63, 3.8) is 0 Å². The molecule has 2 amide bonds. The Bertz CT molecular complexity index is 1170. The number of amides is 2. The Kier molecular flexibility index (Phi) is 6.84. The summed E-state index contributed by atoms with van der Waals surface area (Å²) >= 11 is 6.07. The zero-order valence-electron chi connectivity index (χ0n) is 17.6. The first-order chi connectivity index (χ1) is 15.9. The van der Waals surface area contributed by atoms with Gasteiger partial charge in [0.1, 0.15) is 17.5 Å². The van der Waals surface area contributed by atoms with E-state index in [4.69, 9.17) is 11.6 Å². The molecular weight excluding hydrogens is 450 g/mol. The standard InChI is InChI=1S/C24H21ClF2N4O2/c25-20-5-2-1-4-18(20)23(32)29-17-7-9-22(28-15-17)30-10-3-11-31(13-12-30)24(33)19-8-6-16(26)14-21(19)27/h1-2,4-9,14-15H,3,10-13H2,(H,29,32). The molecule has 1 N–H and O–H groups in total. The summed E-state index contributed by atoms with van der Waals surface area (Å²) in [4.78, 5) is 33.1. The molecular formula is C24H21ClF2N4O2. The highest BCUT2D eigenvalue weighted by Crippen LogP contribution is 2.20. The molecule has 0 saturated carbocycles. The van der Waals surface area contributed by atoms with Gasteiger partial charge in [-0.05, 0) is 42.8 Å². The summed E-state index contributed by atoms with van der Waals surface area (Å²) in [5.41, 5.74) is 0.766. The molecule has 6 nitrogen and oxygen atoms in total. The van der Waals surface area contributed by atoms with E-state index in [1.54, 1.807) is 47.5 Å². The monoisotopic (exact) mass is 470 g/mol. The fourth-order valence-electron chi connectivity index (χ4n) is 3.67. The number of hydrogen-bond acceptors (Lipinski definition) is 4. The van der Waals surface area contributed by atoms with Crippen LogP contribution in [-0.4, -0.2) is 47.9 Å². The Morgan fingerprint density at radius 3 is 2.48 bits per heavy atom. The van der Waals surface area contributed by atoms with Crippen LogP contribution in [0.4, 0.5) is 20.3 Å². The van der Waals surface area contributed by atoms with Crippen LogP contribution < -0.4 is 10.2 Å². The number of carbonyl (C=O) groups is 2. The average molecular weight is 471 g/mol. The molecule has 1 saturated heterocycles. The van der Waals surface area contributed by atoms with E-state index >= 15 is 0 Å². The summed E-state index contributed by atoms with van der Waals surface area (Å²) in [6, 6.07) is 13.3. The maximum absolute atomic E-state index is 14.0. The van der Waals surface area contributed by atoms with Crippen LogP contribution in [0.25, 0.3) is 0 Å². The largest absolute Gasteiger partial charge is 0.355 e. The van der Waals surface area contributed by atoms with Crippen molar-refractivity contribution in [2.75, 3.05) is 36.4 Å². The van der Waals surface area contributed by atoms with Gasteiger partial charge in [0.25, 0.3) is 11.8 Å². The number of halogens is 3. The Labute approximate surface area is 194 Å². The smallest absolute Gasteiger partial charge is 0.257 e. The third kappa shape index (κ3) is 5.28. The molecule has 170 valence electrons. The highest BCUT2D eigenvalue weighted by Gasteiger charge is 2.23. The van der Waals surface area contributed by atoms with E-state index in [9.17, 15) is 18.4 Å². The number of nitrogens with one attached hydrogen (secondary N) is 1. The van der Waals surface area contributed by atoms with Crippen molar-refractivity contribution in [3.05, 3.63) is 88.6 Å². The van der Waals surface area contributed by atoms with Crippen molar-refractivity contribution < 1.29 is 18.4 Å². The lowest BCUT2D eigenvalue weighted by molar-refractivity contribution is 0.0762. The van der Waals surface area contributed by atoms with Crippen molar-refractivity contribution in [1.29, 1.82) is 0 Å². The van der Waals surface area contributed by atoms with E-state index < -0.39 is 17.5 Å². The minimum absolute atomic E-state index is 0.137. The minimum Gasteiger partial charge on any atom is -0.355 e. The first-order valence-electron chi connectivity index (χ1n) is 10.4. The highest BCUT2D eigenvalue weighted by molar-refractivity contribution is 6.34. The summed E-state index contributed by atoms with van der Waals surface area (Å²) in [5.74, 6) is -1.67. The SMILES string of the molecule is O=C(Nc1ccc(N2CCCN(C(=O)c3ccc(F)cc3F)CC2)nc1)c1ccccc1Cl. The molecule has 4 rings (SSSR count). The van der Waals surface area contributed by atoms with Gasteiger partial charge in [-0.3, -0.25) is 9.59 Å². The second-order valence-corrected chi connectivity index (χ2v) is 8.00. The molecule has 1 aliphatic rings. The number of aromatic nitrogens is 1. The quantitative estimate of drug-likeness (QED) is 0.604. The summed E-state index contributed by atoms with van der Waals surface area (Å²) in [7, 11) is 0. The molecule has 0 atom stereocenters. The maximum Gasteiger partial charge on any atom is 0.257 e. The van der Waals surface area contributed by atoms with Crippen molar-refractivity contribution in [3.8, 4) is 0 Å². The number of rotatable bonds is 4. The normalized spacial score (nSPS) is 14.0. The van der Waals surface area contributed by atoms with E-state index in [0.29, 0.717) is 60.8 Å². The van der Waals surface area contributed by atoms with Gasteiger partial charge in [0.15, 0.2) is 0 Å². The van der Waals surface area contributed by atoms with Crippen LogP contribution in [0.2, 0.25) is 5.02 Å². The molecule has 3 aromatic rings. The first-order valence-corrected chi connectivity index (χ1v) is 10.8. The summed E-state index contributed by atoms with van der Waals surface area (Å²) < 4.78 is 27.2. The Hall–Kier alpha value is -3.52. The minimum atomic E-state index is -0.864. The lowest BCUT2D eigenvalue weighted by Gasteiger charge is -2.23. The Morgan fingerprint density at radius 2 is 1.76 bits per heavy atom. The van der Waals surface area contributed by atoms with Gasteiger partial charge in [0.2, 0.25) is 0 Å². The summed E-state index contributed by atoms with van der Waals surface area (Å²) in [6.45, 7) is 2.00. The molecule has 0 bridgehead atoms. The number of hydrogen-bond donors (Lipinski definition) is 1. The fraction of sp³-hybridized carbons (Fsp3) is 0.208. The van der Waals surface area contributed by atoms with Crippen LogP contribution >= 0.6 is 11.6 Å². The summed E-state index contributed by atoms with van der Waals surface area (Å²) in [6.07, 6.45) is 2.23. The number of pyridine rings is 1. The molecule has 0 unspecified atom stereocenters. The zero-order chi connectivity index (χ0) is 23.4. The van der Waals surface area contributed by atoms with E-state index in [1.807, 2.05) is 4.90 Å². The molecule has 1 aliphatic heterocycles. The van der Waals surface area contributed by atoms with Crippen LogP contribution in [0.5, 0.6) is 0 Å². The second kappa shape index (κ2) is 9.95. The van der Waals surface area contributed by atoms with Gasteiger partial charge in [-0.1, -0.05) is 23.7 Å².